The van der Waals surface area contributed by atoms with Crippen LogP contribution in [-0.4, -0.2) is 48.0 Å². The van der Waals surface area contributed by atoms with Crippen LogP contribution in [0.1, 0.15) is 55.1 Å². The quantitative estimate of drug-likeness (QED) is 0.681. The molecule has 5 nitrogen and oxygen atoms in total. The van der Waals surface area contributed by atoms with Crippen LogP contribution < -0.4 is 11.1 Å². The van der Waals surface area contributed by atoms with Gasteiger partial charge in [0.25, 0.3) is 0 Å². The average Bonchev–Trinajstić information content (AvgIpc) is 2.61. The first-order chi connectivity index (χ1) is 11.2. The molecule has 0 aliphatic carbocycles. The Bertz CT molecular complexity index is 468. The van der Waals surface area contributed by atoms with E-state index in [2.05, 4.69) is 22.1 Å². The molecule has 128 valence electrons. The second kappa shape index (κ2) is 9.75. The van der Waals surface area contributed by atoms with Crippen LogP contribution in [-0.2, 0) is 6.42 Å². The number of aromatic nitrogens is 1. The van der Waals surface area contributed by atoms with E-state index in [1.165, 1.54) is 18.4 Å². The van der Waals surface area contributed by atoms with Crippen LogP contribution >= 0.6 is 0 Å². The standard InChI is InChI=1S/C18H30N4O/c1-2-3-5-15-8-9-16(21-14-15)17(23)6-4-7-18(19)22-12-10-20-11-13-22/h8-9,14,18,20H,2-7,10-13,19H2,1H3. The highest BCUT2D eigenvalue weighted by molar-refractivity contribution is 5.94. The molecule has 1 aromatic heterocycles. The summed E-state index contributed by atoms with van der Waals surface area (Å²) >= 11 is 0. The molecule has 0 radical (unpaired) electrons. The van der Waals surface area contributed by atoms with E-state index in [1.54, 1.807) is 0 Å². The van der Waals surface area contributed by atoms with E-state index < -0.39 is 0 Å². The molecule has 0 saturated carbocycles. The predicted molar refractivity (Wildman–Crippen MR) is 93.4 cm³/mol. The number of Topliss-reactive ketones (excluding diaryl/α,β-unsaturated/α-hetero) is 1. The van der Waals surface area contributed by atoms with Crippen LogP contribution in [0.2, 0.25) is 0 Å². The lowest BCUT2D eigenvalue weighted by Gasteiger charge is -2.32. The fraction of sp³-hybridized carbons (Fsp3) is 0.667. The van der Waals surface area contributed by atoms with Crippen molar-refractivity contribution in [2.24, 2.45) is 5.73 Å². The summed E-state index contributed by atoms with van der Waals surface area (Å²) in [6, 6.07) is 3.89. The third-order valence-corrected chi connectivity index (χ3v) is 4.45. The Morgan fingerprint density at radius 2 is 2.13 bits per heavy atom. The van der Waals surface area contributed by atoms with Gasteiger partial charge in [-0.1, -0.05) is 19.4 Å². The highest BCUT2D eigenvalue weighted by Crippen LogP contribution is 2.10. The van der Waals surface area contributed by atoms with Crippen molar-refractivity contribution in [3.05, 3.63) is 29.6 Å². The lowest BCUT2D eigenvalue weighted by molar-refractivity contribution is 0.0967. The third kappa shape index (κ3) is 6.01. The number of carbonyl (C=O) groups is 1. The van der Waals surface area contributed by atoms with E-state index in [0.29, 0.717) is 12.1 Å². The lowest BCUT2D eigenvalue weighted by Crippen LogP contribution is -2.51. The number of pyridine rings is 1. The number of nitrogens with one attached hydrogen (secondary N) is 1. The summed E-state index contributed by atoms with van der Waals surface area (Å²) in [6.45, 7) is 6.17. The minimum absolute atomic E-state index is 0.0641. The van der Waals surface area contributed by atoms with Gasteiger partial charge in [-0.05, 0) is 37.3 Å². The third-order valence-electron chi connectivity index (χ3n) is 4.45. The SMILES string of the molecule is CCCCc1ccc(C(=O)CCCC(N)N2CCNCC2)nc1. The van der Waals surface area contributed by atoms with Gasteiger partial charge in [-0.25, -0.2) is 0 Å². The molecule has 1 aliphatic heterocycles. The van der Waals surface area contributed by atoms with E-state index in [9.17, 15) is 4.79 Å². The maximum absolute atomic E-state index is 12.2. The molecule has 0 aromatic carbocycles. The lowest BCUT2D eigenvalue weighted by atomic mass is 10.1. The van der Waals surface area contributed by atoms with Gasteiger partial charge < -0.3 is 11.1 Å². The largest absolute Gasteiger partial charge is 0.316 e. The van der Waals surface area contributed by atoms with Gasteiger partial charge in [0, 0.05) is 38.8 Å². The van der Waals surface area contributed by atoms with Gasteiger partial charge in [-0.15, -0.1) is 0 Å². The summed E-state index contributed by atoms with van der Waals surface area (Å²) in [5, 5.41) is 3.32. The number of unbranched alkanes of at least 4 members (excludes halogenated alkanes) is 1. The molecule has 1 aromatic rings. The first-order valence-electron chi connectivity index (χ1n) is 8.89. The van der Waals surface area contributed by atoms with Crippen molar-refractivity contribution in [2.45, 2.75) is 51.6 Å². The summed E-state index contributed by atoms with van der Waals surface area (Å²) in [7, 11) is 0. The number of nitrogens with zero attached hydrogens (tertiary/aromatic N) is 2. The highest BCUT2D eigenvalue weighted by atomic mass is 16.1. The first kappa shape index (κ1) is 18.0. The number of piperazine rings is 1. The van der Waals surface area contributed by atoms with Gasteiger partial charge >= 0.3 is 0 Å². The van der Waals surface area contributed by atoms with Crippen LogP contribution in [0, 0.1) is 0 Å². The Kier molecular flexibility index (Phi) is 7.65. The van der Waals surface area contributed by atoms with Gasteiger partial charge in [0.2, 0.25) is 0 Å². The smallest absolute Gasteiger partial charge is 0.181 e. The molecule has 0 spiro atoms. The van der Waals surface area contributed by atoms with E-state index in [-0.39, 0.29) is 11.9 Å². The summed E-state index contributed by atoms with van der Waals surface area (Å²) in [5.74, 6) is 0.125. The highest BCUT2D eigenvalue weighted by Gasteiger charge is 2.17. The van der Waals surface area contributed by atoms with Crippen molar-refractivity contribution in [2.75, 3.05) is 26.2 Å². The summed E-state index contributed by atoms with van der Waals surface area (Å²) in [6.07, 6.45) is 7.50. The Balaban J connectivity index is 1.71. The molecule has 0 amide bonds. The number of rotatable bonds is 9. The summed E-state index contributed by atoms with van der Waals surface area (Å²) in [4.78, 5) is 18.8. The molecule has 1 aliphatic rings. The molecule has 23 heavy (non-hydrogen) atoms. The molecule has 2 rings (SSSR count). The van der Waals surface area contributed by atoms with Crippen LogP contribution in [0.5, 0.6) is 0 Å². The fourth-order valence-electron chi connectivity index (χ4n) is 2.91. The molecule has 0 bridgehead atoms. The van der Waals surface area contributed by atoms with Gasteiger partial charge in [0.1, 0.15) is 5.69 Å². The van der Waals surface area contributed by atoms with Crippen molar-refractivity contribution in [3.63, 3.8) is 0 Å². The van der Waals surface area contributed by atoms with E-state index in [0.717, 1.165) is 45.4 Å². The van der Waals surface area contributed by atoms with Gasteiger partial charge in [0.15, 0.2) is 5.78 Å². The molecular weight excluding hydrogens is 288 g/mol. The van der Waals surface area contributed by atoms with Crippen LogP contribution in [0.3, 0.4) is 0 Å². The van der Waals surface area contributed by atoms with Crippen molar-refractivity contribution in [1.29, 1.82) is 0 Å². The maximum atomic E-state index is 12.2. The van der Waals surface area contributed by atoms with Crippen molar-refractivity contribution in [1.82, 2.24) is 15.2 Å². The molecule has 2 heterocycles. The Hall–Kier alpha value is -1.30. The van der Waals surface area contributed by atoms with Crippen LogP contribution in [0.4, 0.5) is 0 Å². The van der Waals surface area contributed by atoms with Gasteiger partial charge in [0.05, 0.1) is 6.17 Å². The minimum atomic E-state index is 0.0641. The Labute approximate surface area is 139 Å². The number of hydrogen-bond acceptors (Lipinski definition) is 5. The molecule has 1 unspecified atom stereocenters. The van der Waals surface area contributed by atoms with E-state index >= 15 is 0 Å². The van der Waals surface area contributed by atoms with E-state index in [4.69, 9.17) is 5.73 Å². The maximum Gasteiger partial charge on any atom is 0.181 e. The van der Waals surface area contributed by atoms with Crippen molar-refractivity contribution < 1.29 is 4.79 Å². The molecule has 1 atom stereocenters. The first-order valence-corrected chi connectivity index (χ1v) is 8.89. The molecule has 5 heteroatoms. The van der Waals surface area contributed by atoms with E-state index in [1.807, 2.05) is 18.3 Å². The monoisotopic (exact) mass is 318 g/mol. The molecule has 1 fully saturated rings. The second-order valence-corrected chi connectivity index (χ2v) is 6.32. The number of aryl methyl sites for hydroxylation is 1. The van der Waals surface area contributed by atoms with Crippen molar-refractivity contribution >= 4 is 5.78 Å². The molecule has 1 saturated heterocycles. The number of hydrogen-bond donors (Lipinski definition) is 2. The van der Waals surface area contributed by atoms with Crippen LogP contribution in [0.15, 0.2) is 18.3 Å². The topological polar surface area (TPSA) is 71.2 Å². The number of nitrogens with two attached hydrogens (primary N) is 1. The minimum Gasteiger partial charge on any atom is -0.316 e. The molecular formula is C18H30N4O. The molecule has 3 N–H and O–H groups in total. The fourth-order valence-corrected chi connectivity index (χ4v) is 2.91. The Morgan fingerprint density at radius 1 is 1.35 bits per heavy atom. The number of carbonyl (C=O) groups excluding carboxylic acids is 1. The zero-order valence-corrected chi connectivity index (χ0v) is 14.3. The second-order valence-electron chi connectivity index (χ2n) is 6.32. The van der Waals surface area contributed by atoms with Gasteiger partial charge in [-0.3, -0.25) is 14.7 Å². The average molecular weight is 318 g/mol. The zero-order valence-electron chi connectivity index (χ0n) is 14.3. The van der Waals surface area contributed by atoms with Crippen LogP contribution in [0.25, 0.3) is 0 Å². The predicted octanol–water partition coefficient (Wildman–Crippen LogP) is 1.97. The number of ketones is 1. The van der Waals surface area contributed by atoms with Crippen molar-refractivity contribution in [3.8, 4) is 0 Å². The zero-order chi connectivity index (χ0) is 16.5. The van der Waals surface area contributed by atoms with Gasteiger partial charge in [-0.2, -0.15) is 0 Å². The summed E-state index contributed by atoms with van der Waals surface area (Å²) in [5.41, 5.74) is 8.01. The Morgan fingerprint density at radius 3 is 2.78 bits per heavy atom. The normalized spacial score (nSPS) is 17.1. The summed E-state index contributed by atoms with van der Waals surface area (Å²) < 4.78 is 0.